The number of cyclic esters (lactones) is 1. The maximum atomic E-state index is 12.9. The number of aliphatic hydroxyl groups is 1. The van der Waals surface area contributed by atoms with Gasteiger partial charge in [-0.05, 0) is 74.1 Å². The van der Waals surface area contributed by atoms with Gasteiger partial charge in [-0.1, -0.05) is 47.6 Å². The minimum absolute atomic E-state index is 0.0707. The third-order valence-corrected chi connectivity index (χ3v) is 17.7. The summed E-state index contributed by atoms with van der Waals surface area (Å²) in [6, 6.07) is 0. The number of ether oxygens (including phenoxy) is 2. The number of allylic oxidation sites excluding steroid dienone is 1. The molecule has 0 bridgehead atoms. The second-order valence-corrected chi connectivity index (χ2v) is 23.2. The standard InChI is InChI=1S/C30H52O6Si2/c1-20(16-14-15-17-35-37(10,11)29(3,4)5)24(31)18-22-26(33-9)21(2)23-19-34-28(32)25(23)27(22)36-38(12,13)30(6,7)8/h16,24,31H,14-15,17-19H2,1-13H3. The smallest absolute Gasteiger partial charge is 0.342 e. The van der Waals surface area contributed by atoms with Crippen LogP contribution in [0.5, 0.6) is 11.5 Å². The van der Waals surface area contributed by atoms with Crippen molar-refractivity contribution in [2.75, 3.05) is 13.7 Å². The highest BCUT2D eigenvalue weighted by Gasteiger charge is 2.43. The average Bonchev–Trinajstić information content (AvgIpc) is 3.16. The van der Waals surface area contributed by atoms with Gasteiger partial charge in [-0.3, -0.25) is 0 Å². The SMILES string of the molecule is COc1c(C)c2c(c(O[Si](C)(C)C(C)(C)C)c1CC(O)C(C)=CCCCO[Si](C)(C)C(C)(C)C)C(=O)OC2. The fourth-order valence-electron chi connectivity index (χ4n) is 3.98. The van der Waals surface area contributed by atoms with E-state index >= 15 is 0 Å². The highest BCUT2D eigenvalue weighted by atomic mass is 28.4. The Kier molecular flexibility index (Phi) is 10.2. The van der Waals surface area contributed by atoms with Crippen LogP contribution in [0.15, 0.2) is 11.6 Å². The molecule has 1 unspecified atom stereocenters. The van der Waals surface area contributed by atoms with Gasteiger partial charge in [-0.2, -0.15) is 0 Å². The van der Waals surface area contributed by atoms with Crippen molar-refractivity contribution in [3.05, 3.63) is 33.9 Å². The number of methoxy groups -OCH3 is 1. The van der Waals surface area contributed by atoms with E-state index in [1.54, 1.807) is 7.11 Å². The lowest BCUT2D eigenvalue weighted by Gasteiger charge is -2.38. The van der Waals surface area contributed by atoms with Crippen LogP contribution in [0.25, 0.3) is 0 Å². The second-order valence-electron chi connectivity index (χ2n) is 13.7. The second kappa shape index (κ2) is 11.9. The van der Waals surface area contributed by atoms with Crippen LogP contribution < -0.4 is 9.16 Å². The van der Waals surface area contributed by atoms with Crippen molar-refractivity contribution < 1.29 is 28.2 Å². The first-order valence-electron chi connectivity index (χ1n) is 13.8. The van der Waals surface area contributed by atoms with E-state index in [0.717, 1.165) is 41.7 Å². The van der Waals surface area contributed by atoms with E-state index in [-0.39, 0.29) is 29.1 Å². The Morgan fingerprint density at radius 2 is 1.63 bits per heavy atom. The van der Waals surface area contributed by atoms with Gasteiger partial charge >= 0.3 is 5.97 Å². The first-order valence-corrected chi connectivity index (χ1v) is 19.6. The Balaban J connectivity index is 2.33. The number of carbonyl (C=O) groups excluding carboxylic acids is 1. The van der Waals surface area contributed by atoms with Gasteiger partial charge in [0.2, 0.25) is 0 Å². The highest BCUT2D eigenvalue weighted by molar-refractivity contribution is 6.75. The average molecular weight is 565 g/mol. The predicted octanol–water partition coefficient (Wildman–Crippen LogP) is 7.71. The number of hydrogen-bond acceptors (Lipinski definition) is 6. The maximum absolute atomic E-state index is 12.9. The zero-order valence-corrected chi connectivity index (χ0v) is 28.2. The quantitative estimate of drug-likeness (QED) is 0.128. The Morgan fingerprint density at radius 1 is 1.05 bits per heavy atom. The summed E-state index contributed by atoms with van der Waals surface area (Å²) in [5, 5.41) is 11.4. The van der Waals surface area contributed by atoms with Crippen LogP contribution in [0.3, 0.4) is 0 Å². The van der Waals surface area contributed by atoms with Crippen molar-refractivity contribution in [1.82, 2.24) is 0 Å². The summed E-state index contributed by atoms with van der Waals surface area (Å²) >= 11 is 0. The molecule has 1 aromatic carbocycles. The Morgan fingerprint density at radius 3 is 2.16 bits per heavy atom. The summed E-state index contributed by atoms with van der Waals surface area (Å²) in [6.07, 6.45) is 3.38. The largest absolute Gasteiger partial charge is 0.543 e. The van der Waals surface area contributed by atoms with Crippen LogP contribution in [0, 0.1) is 6.92 Å². The lowest BCUT2D eigenvalue weighted by molar-refractivity contribution is 0.0533. The summed E-state index contributed by atoms with van der Waals surface area (Å²) in [5.74, 6) is 0.806. The molecule has 38 heavy (non-hydrogen) atoms. The van der Waals surface area contributed by atoms with Crippen molar-refractivity contribution in [2.45, 2.75) is 124 Å². The molecule has 2 rings (SSSR count). The van der Waals surface area contributed by atoms with E-state index in [4.69, 9.17) is 18.3 Å². The Labute approximate surface area is 233 Å². The molecule has 0 radical (unpaired) electrons. The van der Waals surface area contributed by atoms with E-state index in [9.17, 15) is 9.90 Å². The molecule has 1 aromatic rings. The zero-order valence-electron chi connectivity index (χ0n) is 26.2. The summed E-state index contributed by atoms with van der Waals surface area (Å²) in [6.45, 7) is 26.9. The number of fused-ring (bicyclic) bond motifs is 1. The normalized spacial score (nSPS) is 15.8. The molecule has 0 aromatic heterocycles. The minimum atomic E-state index is -2.31. The molecule has 6 nitrogen and oxygen atoms in total. The van der Waals surface area contributed by atoms with Crippen LogP contribution >= 0.6 is 0 Å². The first kappa shape index (κ1) is 32.6. The molecule has 1 heterocycles. The van der Waals surface area contributed by atoms with Gasteiger partial charge in [-0.15, -0.1) is 0 Å². The zero-order chi connectivity index (χ0) is 29.3. The molecule has 0 fully saturated rings. The van der Waals surface area contributed by atoms with Gasteiger partial charge in [0.05, 0.1) is 13.2 Å². The van der Waals surface area contributed by atoms with Crippen LogP contribution in [-0.2, 0) is 22.2 Å². The van der Waals surface area contributed by atoms with Crippen molar-refractivity contribution in [3.8, 4) is 11.5 Å². The Hall–Kier alpha value is -1.62. The summed E-state index contributed by atoms with van der Waals surface area (Å²) in [4.78, 5) is 12.9. The molecule has 0 saturated heterocycles. The molecule has 1 atom stereocenters. The van der Waals surface area contributed by atoms with Crippen LogP contribution in [0.2, 0.25) is 36.3 Å². The molecule has 8 heteroatoms. The maximum Gasteiger partial charge on any atom is 0.342 e. The third-order valence-electron chi connectivity index (χ3n) is 8.80. The molecule has 0 spiro atoms. The van der Waals surface area contributed by atoms with Crippen molar-refractivity contribution in [1.29, 1.82) is 0 Å². The van der Waals surface area contributed by atoms with Gasteiger partial charge in [0.25, 0.3) is 8.32 Å². The first-order chi connectivity index (χ1) is 17.2. The summed E-state index contributed by atoms with van der Waals surface area (Å²) < 4.78 is 24.4. The predicted molar refractivity (Wildman–Crippen MR) is 161 cm³/mol. The number of hydrogen-bond donors (Lipinski definition) is 1. The fourth-order valence-corrected chi connectivity index (χ4v) is 6.11. The number of unbranched alkanes of at least 4 members (excludes halogenated alkanes) is 1. The molecular formula is C30H52O6Si2. The number of benzene rings is 1. The molecule has 1 aliphatic rings. The summed E-state index contributed by atoms with van der Waals surface area (Å²) in [5.41, 5.74) is 3.78. The molecule has 0 saturated carbocycles. The molecule has 0 aliphatic carbocycles. The molecule has 216 valence electrons. The van der Waals surface area contributed by atoms with Crippen molar-refractivity contribution in [2.24, 2.45) is 0 Å². The number of carbonyl (C=O) groups is 1. The number of rotatable bonds is 11. The van der Waals surface area contributed by atoms with Crippen molar-refractivity contribution in [3.63, 3.8) is 0 Å². The van der Waals surface area contributed by atoms with E-state index in [2.05, 4.69) is 73.8 Å². The van der Waals surface area contributed by atoms with E-state index in [0.29, 0.717) is 17.1 Å². The van der Waals surface area contributed by atoms with Gasteiger partial charge in [0, 0.05) is 24.2 Å². The van der Waals surface area contributed by atoms with Crippen LogP contribution in [-0.4, -0.2) is 47.5 Å². The monoisotopic (exact) mass is 564 g/mol. The molecular weight excluding hydrogens is 512 g/mol. The molecule has 1 N–H and O–H groups in total. The number of aliphatic hydroxyl groups excluding tert-OH is 1. The topological polar surface area (TPSA) is 74.2 Å². The highest BCUT2D eigenvalue weighted by Crippen LogP contribution is 2.47. The lowest BCUT2D eigenvalue weighted by Crippen LogP contribution is -2.44. The van der Waals surface area contributed by atoms with Crippen LogP contribution in [0.1, 0.15) is 88.4 Å². The number of esters is 1. The van der Waals surface area contributed by atoms with Gasteiger partial charge in [-0.25, -0.2) is 4.79 Å². The third kappa shape index (κ3) is 7.12. The fraction of sp³-hybridized carbons (Fsp3) is 0.700. The van der Waals surface area contributed by atoms with Gasteiger partial charge in [0.15, 0.2) is 8.32 Å². The van der Waals surface area contributed by atoms with Gasteiger partial charge < -0.3 is 23.4 Å². The van der Waals surface area contributed by atoms with E-state index in [1.807, 2.05) is 13.8 Å². The summed E-state index contributed by atoms with van der Waals surface area (Å²) in [7, 11) is -2.44. The van der Waals surface area contributed by atoms with Crippen LogP contribution in [0.4, 0.5) is 0 Å². The van der Waals surface area contributed by atoms with Crippen molar-refractivity contribution >= 4 is 22.6 Å². The molecule has 1 aliphatic heterocycles. The van der Waals surface area contributed by atoms with E-state index < -0.39 is 22.7 Å². The lowest BCUT2D eigenvalue weighted by atomic mass is 9.92. The van der Waals surface area contributed by atoms with Gasteiger partial charge in [0.1, 0.15) is 23.7 Å². The Bertz CT molecular complexity index is 1040. The minimum Gasteiger partial charge on any atom is -0.543 e. The van der Waals surface area contributed by atoms with E-state index in [1.165, 1.54) is 0 Å². The molecule has 0 amide bonds.